The maximum absolute atomic E-state index is 13.5. The van der Waals surface area contributed by atoms with Gasteiger partial charge in [0.1, 0.15) is 11.6 Å². The fraction of sp³-hybridized carbons (Fsp3) is 0.360. The molecule has 0 N–H and O–H groups in total. The third kappa shape index (κ3) is 3.55. The number of benzene rings is 2. The molecule has 11 heteroatoms. The largest absolute Gasteiger partial charge is 0.434 e. The molecule has 36 heavy (non-hydrogen) atoms. The molecule has 3 aliphatic heterocycles. The molecule has 4 heterocycles. The lowest BCUT2D eigenvalue weighted by Crippen LogP contribution is -2.48. The van der Waals surface area contributed by atoms with Crippen molar-refractivity contribution in [3.63, 3.8) is 0 Å². The highest BCUT2D eigenvalue weighted by molar-refractivity contribution is 7.88. The summed E-state index contributed by atoms with van der Waals surface area (Å²) in [5.41, 5.74) is 1.94. The number of ether oxygens (including phenoxy) is 1. The first-order chi connectivity index (χ1) is 18.3. The van der Waals surface area contributed by atoms with E-state index < -0.39 is 41.6 Å². The molecule has 6 rings (SSSR count). The molecule has 0 aliphatic carbocycles. The quantitative estimate of drug-likeness (QED) is 0.501. The molecule has 0 spiro atoms. The van der Waals surface area contributed by atoms with Crippen LogP contribution in [0.15, 0.2) is 36.4 Å². The van der Waals surface area contributed by atoms with Gasteiger partial charge in [-0.3, -0.25) is 4.79 Å². The zero-order valence-corrected chi connectivity index (χ0v) is 19.8. The van der Waals surface area contributed by atoms with Gasteiger partial charge in [0.05, 0.1) is 29.4 Å². The van der Waals surface area contributed by atoms with Gasteiger partial charge >= 0.3 is 6.61 Å². The first-order valence-electron chi connectivity index (χ1n) is 12.7. The maximum atomic E-state index is 13.5. The smallest absolute Gasteiger partial charge is 0.387 e. The van der Waals surface area contributed by atoms with Crippen molar-refractivity contribution in [3.8, 4) is 17.6 Å². The van der Waals surface area contributed by atoms with E-state index in [2.05, 4.69) is 16.8 Å². The molecule has 3 aliphatic rings. The third-order valence-corrected chi connectivity index (χ3v) is 8.12. The first kappa shape index (κ1) is 19.7. The van der Waals surface area contributed by atoms with Crippen LogP contribution in [-0.2, 0) is 10.0 Å². The molecule has 0 saturated carbocycles. The van der Waals surface area contributed by atoms with Crippen LogP contribution >= 0.6 is 0 Å². The summed E-state index contributed by atoms with van der Waals surface area (Å²) in [6, 6.07) is 7.80. The van der Waals surface area contributed by atoms with Gasteiger partial charge in [0.2, 0.25) is 10.0 Å². The van der Waals surface area contributed by atoms with Crippen molar-refractivity contribution in [1.29, 1.82) is 0 Å². The van der Waals surface area contributed by atoms with Crippen LogP contribution in [0, 0.1) is 17.8 Å². The summed E-state index contributed by atoms with van der Waals surface area (Å²) in [5.74, 6) is 5.39. The molecule has 2 atom stereocenters. The van der Waals surface area contributed by atoms with E-state index in [9.17, 15) is 22.0 Å². The summed E-state index contributed by atoms with van der Waals surface area (Å²) < 4.78 is 82.1. The Bertz CT molecular complexity index is 1690. The Hall–Kier alpha value is -3.49. The van der Waals surface area contributed by atoms with Crippen molar-refractivity contribution in [3.05, 3.63) is 58.9 Å². The van der Waals surface area contributed by atoms with Crippen LogP contribution in [0.2, 0.25) is 0 Å². The van der Waals surface area contributed by atoms with Gasteiger partial charge in [-0.2, -0.15) is 13.1 Å². The number of alkyl halides is 2. The number of nitrogens with zero attached hydrogens (tertiary/aromatic N) is 4. The van der Waals surface area contributed by atoms with Gasteiger partial charge in [0.25, 0.3) is 5.91 Å². The molecular weight excluding hydrogens is 490 g/mol. The Morgan fingerprint density at radius 3 is 2.75 bits per heavy atom. The summed E-state index contributed by atoms with van der Waals surface area (Å²) in [6.07, 6.45) is 1.28. The van der Waals surface area contributed by atoms with Crippen LogP contribution in [0.3, 0.4) is 0 Å². The van der Waals surface area contributed by atoms with Gasteiger partial charge in [0, 0.05) is 53.2 Å². The Balaban J connectivity index is 1.47. The summed E-state index contributed by atoms with van der Waals surface area (Å²) in [7, 11) is -3.25. The zero-order chi connectivity index (χ0) is 27.9. The number of sulfonamides is 1. The number of fused-ring (bicyclic) bond motifs is 9. The minimum Gasteiger partial charge on any atom is -0.434 e. The number of imidazole rings is 1. The second-order valence-corrected chi connectivity index (χ2v) is 11.1. The predicted octanol–water partition coefficient (Wildman–Crippen LogP) is 3.00. The molecule has 1 fully saturated rings. The maximum Gasteiger partial charge on any atom is 0.387 e. The van der Waals surface area contributed by atoms with E-state index >= 15 is 0 Å². The number of amides is 1. The van der Waals surface area contributed by atoms with E-state index in [1.54, 1.807) is 22.8 Å². The van der Waals surface area contributed by atoms with Gasteiger partial charge in [0.15, 0.2) is 0 Å². The summed E-state index contributed by atoms with van der Waals surface area (Å²) >= 11 is 0. The molecule has 186 valence electrons. The van der Waals surface area contributed by atoms with E-state index in [1.807, 2.05) is 0 Å². The average molecular weight is 516 g/mol. The molecular formula is C25H22F2N4O4S. The molecule has 1 aromatic heterocycles. The molecule has 2 aromatic carbocycles. The fourth-order valence-electron chi connectivity index (χ4n) is 5.17. The van der Waals surface area contributed by atoms with Crippen LogP contribution in [0.5, 0.6) is 5.75 Å². The minimum atomic E-state index is -3.25. The van der Waals surface area contributed by atoms with Crippen LogP contribution in [-0.4, -0.2) is 66.0 Å². The number of carbonyl (C=O) groups excluding carboxylic acids is 1. The lowest BCUT2D eigenvalue weighted by atomic mass is 9.97. The zero-order valence-electron chi connectivity index (χ0n) is 22.0. The number of hydrogen-bond donors (Lipinski definition) is 0. The van der Waals surface area contributed by atoms with Gasteiger partial charge < -0.3 is 14.2 Å². The number of halogens is 2. The summed E-state index contributed by atoms with van der Waals surface area (Å²) in [5, 5.41) is 0. The van der Waals surface area contributed by atoms with Crippen molar-refractivity contribution in [2.45, 2.75) is 25.1 Å². The Labute approximate surface area is 210 Å². The lowest BCUT2D eigenvalue weighted by molar-refractivity contribution is -0.0507. The van der Waals surface area contributed by atoms with Crippen molar-refractivity contribution in [1.82, 2.24) is 18.8 Å². The molecule has 1 saturated heterocycles. The van der Waals surface area contributed by atoms with Crippen LogP contribution in [0.4, 0.5) is 8.78 Å². The van der Waals surface area contributed by atoms with Crippen molar-refractivity contribution in [2.24, 2.45) is 5.92 Å². The highest BCUT2D eigenvalue weighted by Gasteiger charge is 2.45. The normalized spacial score (nSPS) is 23.2. The Morgan fingerprint density at radius 1 is 1.22 bits per heavy atom. The van der Waals surface area contributed by atoms with E-state index in [1.165, 1.54) is 22.5 Å². The van der Waals surface area contributed by atoms with Crippen LogP contribution < -0.4 is 4.74 Å². The molecule has 1 amide bonds. The number of aromatic nitrogens is 2. The van der Waals surface area contributed by atoms with Gasteiger partial charge in [-0.25, -0.2) is 13.4 Å². The predicted molar refractivity (Wildman–Crippen MR) is 127 cm³/mol. The van der Waals surface area contributed by atoms with Gasteiger partial charge in [-0.15, -0.1) is 0 Å². The second kappa shape index (κ2) is 8.01. The second-order valence-electron chi connectivity index (χ2n) is 9.13. The first-order valence-corrected chi connectivity index (χ1v) is 13.1. The van der Waals surface area contributed by atoms with Crippen molar-refractivity contribution in [2.75, 3.05) is 26.3 Å². The van der Waals surface area contributed by atoms with E-state index in [0.29, 0.717) is 35.5 Å². The number of carbonyl (C=O) groups is 1. The summed E-state index contributed by atoms with van der Waals surface area (Å²) in [6.45, 7) is -5.30. The molecule has 0 unspecified atom stereocenters. The molecule has 3 aromatic rings. The highest BCUT2D eigenvalue weighted by atomic mass is 32.2. The number of rotatable bonds is 3. The Kier molecular flexibility index (Phi) is 4.38. The van der Waals surface area contributed by atoms with Crippen molar-refractivity contribution >= 4 is 27.0 Å². The van der Waals surface area contributed by atoms with Gasteiger partial charge in [-0.05, 0) is 30.3 Å². The van der Waals surface area contributed by atoms with Crippen LogP contribution in [0.1, 0.15) is 49.9 Å². The SMILES string of the molecule is [2H]C([2H])([2H])N1C(=O)c2cccc(OC(F)F)c2[C@H]2C[C@@H]1c1nc3ccc(C#CC4CN(S(C)(=O)=O)C4)cc3n12. The van der Waals surface area contributed by atoms with E-state index in [4.69, 9.17) is 8.85 Å². The molecule has 8 nitrogen and oxygen atoms in total. The van der Waals surface area contributed by atoms with Crippen molar-refractivity contribution < 1.29 is 30.8 Å². The average Bonchev–Trinajstić information content (AvgIpc) is 3.29. The van der Waals surface area contributed by atoms with Crippen LogP contribution in [0.25, 0.3) is 11.0 Å². The van der Waals surface area contributed by atoms with E-state index in [-0.39, 0.29) is 29.2 Å². The van der Waals surface area contributed by atoms with Gasteiger partial charge in [-0.1, -0.05) is 17.9 Å². The Morgan fingerprint density at radius 2 is 2.03 bits per heavy atom. The standard InChI is InChI=1S/C25H22F2N4O4S/c1-29-20-11-19(22-16(24(29)32)4-3-5-21(22)35-25(26)27)31-18-10-14(8-9-17(18)28-23(20)31)6-7-15-12-30(13-15)36(2,33)34/h3-5,8-10,15,19-20,25H,11-13H2,1-2H3/t19-,20-/m1/s1/i1D3. The van der Waals surface area contributed by atoms with E-state index in [0.717, 1.165) is 11.2 Å². The monoisotopic (exact) mass is 515 g/mol. The topological polar surface area (TPSA) is 84.7 Å². The minimum absolute atomic E-state index is 0.0133. The summed E-state index contributed by atoms with van der Waals surface area (Å²) in [4.78, 5) is 18.9. The molecule has 0 radical (unpaired) electrons. The fourth-order valence-corrected chi connectivity index (χ4v) is 6.07. The lowest BCUT2D eigenvalue weighted by Gasteiger charge is -2.33. The molecule has 2 bridgehead atoms. The third-order valence-electron chi connectivity index (χ3n) is 6.89. The highest BCUT2D eigenvalue weighted by Crippen LogP contribution is 2.49. The number of hydrogen-bond acceptors (Lipinski definition) is 5.